The van der Waals surface area contributed by atoms with Crippen LogP contribution in [0, 0.1) is 6.92 Å². The van der Waals surface area contributed by atoms with Crippen molar-refractivity contribution in [2.45, 2.75) is 33.5 Å². The fourth-order valence-electron chi connectivity index (χ4n) is 3.71. The standard InChI is InChI=1S/C20H23N3/c1-5-22-18-9-7-6-8-16(18)17-12-14(2)19(13-20(17)22)23-11-10-21(4)15(23)3/h6-13,15H,5H2,1-4H3/t15-/m0/s1. The third kappa shape index (κ3) is 1.96. The highest BCUT2D eigenvalue weighted by Crippen LogP contribution is 2.35. The Morgan fingerprint density at radius 3 is 2.48 bits per heavy atom. The summed E-state index contributed by atoms with van der Waals surface area (Å²) in [5.74, 6) is 0. The van der Waals surface area contributed by atoms with Gasteiger partial charge in [-0.05, 0) is 44.5 Å². The first-order chi connectivity index (χ1) is 11.1. The number of aromatic nitrogens is 1. The first kappa shape index (κ1) is 14.2. The van der Waals surface area contributed by atoms with Crippen LogP contribution in [0.3, 0.4) is 0 Å². The molecule has 1 aromatic heterocycles. The lowest BCUT2D eigenvalue weighted by atomic mass is 10.1. The number of fused-ring (bicyclic) bond motifs is 3. The fraction of sp³-hybridized carbons (Fsp3) is 0.300. The lowest BCUT2D eigenvalue weighted by molar-refractivity contribution is 0.383. The van der Waals surface area contributed by atoms with E-state index in [-0.39, 0.29) is 0 Å². The summed E-state index contributed by atoms with van der Waals surface area (Å²) >= 11 is 0. The van der Waals surface area contributed by atoms with E-state index in [0.29, 0.717) is 6.17 Å². The van der Waals surface area contributed by atoms with Crippen molar-refractivity contribution in [3.8, 4) is 0 Å². The van der Waals surface area contributed by atoms with Crippen molar-refractivity contribution in [2.75, 3.05) is 11.9 Å². The maximum Gasteiger partial charge on any atom is 0.102 e. The molecule has 0 spiro atoms. The maximum atomic E-state index is 2.42. The van der Waals surface area contributed by atoms with E-state index in [2.05, 4.69) is 91.0 Å². The Balaban J connectivity index is 2.00. The van der Waals surface area contributed by atoms with E-state index in [4.69, 9.17) is 0 Å². The van der Waals surface area contributed by atoms with Gasteiger partial charge in [-0.25, -0.2) is 0 Å². The molecule has 0 unspecified atom stereocenters. The van der Waals surface area contributed by atoms with E-state index in [1.807, 2.05) is 0 Å². The van der Waals surface area contributed by atoms with E-state index in [1.54, 1.807) is 0 Å². The van der Waals surface area contributed by atoms with Gasteiger partial charge in [0, 0.05) is 48.0 Å². The Kier molecular flexibility index (Phi) is 3.12. The van der Waals surface area contributed by atoms with Gasteiger partial charge in [0.05, 0.1) is 5.52 Å². The molecular weight excluding hydrogens is 282 g/mol. The minimum Gasteiger partial charge on any atom is -0.359 e. The third-order valence-electron chi connectivity index (χ3n) is 5.14. The van der Waals surface area contributed by atoms with Gasteiger partial charge in [0.25, 0.3) is 0 Å². The van der Waals surface area contributed by atoms with Crippen LogP contribution in [0.5, 0.6) is 0 Å². The van der Waals surface area contributed by atoms with E-state index >= 15 is 0 Å². The summed E-state index contributed by atoms with van der Waals surface area (Å²) in [6.07, 6.45) is 4.67. The summed E-state index contributed by atoms with van der Waals surface area (Å²) in [7, 11) is 2.12. The Morgan fingerprint density at radius 1 is 1.00 bits per heavy atom. The molecule has 118 valence electrons. The lowest BCUT2D eigenvalue weighted by Gasteiger charge is -2.28. The summed E-state index contributed by atoms with van der Waals surface area (Å²) in [6.45, 7) is 7.65. The van der Waals surface area contributed by atoms with Gasteiger partial charge >= 0.3 is 0 Å². The molecule has 1 aliphatic rings. The molecule has 0 N–H and O–H groups in total. The van der Waals surface area contributed by atoms with E-state index in [9.17, 15) is 0 Å². The zero-order valence-corrected chi connectivity index (χ0v) is 14.2. The van der Waals surface area contributed by atoms with Gasteiger partial charge < -0.3 is 14.4 Å². The van der Waals surface area contributed by atoms with Crippen molar-refractivity contribution in [3.63, 3.8) is 0 Å². The van der Waals surface area contributed by atoms with Crippen molar-refractivity contribution in [1.82, 2.24) is 9.47 Å². The van der Waals surface area contributed by atoms with Gasteiger partial charge in [0.2, 0.25) is 0 Å². The second-order valence-electron chi connectivity index (χ2n) is 6.42. The molecule has 0 saturated heterocycles. The average molecular weight is 305 g/mol. The lowest BCUT2D eigenvalue weighted by Crippen LogP contribution is -2.33. The molecule has 1 atom stereocenters. The van der Waals surface area contributed by atoms with Gasteiger partial charge in [-0.3, -0.25) is 0 Å². The van der Waals surface area contributed by atoms with Crippen LogP contribution in [0.2, 0.25) is 0 Å². The fourth-order valence-corrected chi connectivity index (χ4v) is 3.71. The van der Waals surface area contributed by atoms with Crippen molar-refractivity contribution < 1.29 is 0 Å². The number of aryl methyl sites for hydroxylation is 2. The summed E-state index contributed by atoms with van der Waals surface area (Å²) in [5.41, 5.74) is 5.26. The van der Waals surface area contributed by atoms with Crippen LogP contribution in [-0.2, 0) is 6.54 Å². The zero-order valence-electron chi connectivity index (χ0n) is 14.2. The molecule has 0 amide bonds. The predicted molar refractivity (Wildman–Crippen MR) is 98.7 cm³/mol. The Morgan fingerprint density at radius 2 is 1.78 bits per heavy atom. The third-order valence-corrected chi connectivity index (χ3v) is 5.14. The molecule has 3 aromatic rings. The number of rotatable bonds is 2. The second kappa shape index (κ2) is 5.05. The Hall–Kier alpha value is -2.42. The largest absolute Gasteiger partial charge is 0.359 e. The van der Waals surface area contributed by atoms with Crippen molar-refractivity contribution in [1.29, 1.82) is 0 Å². The molecule has 0 radical (unpaired) electrons. The number of hydrogen-bond donors (Lipinski definition) is 0. The molecule has 3 nitrogen and oxygen atoms in total. The minimum atomic E-state index is 0.352. The average Bonchev–Trinajstić information content (AvgIpc) is 3.05. The molecule has 4 rings (SSSR count). The zero-order chi connectivity index (χ0) is 16.1. The Bertz CT molecular complexity index is 919. The highest BCUT2D eigenvalue weighted by atomic mass is 15.4. The first-order valence-electron chi connectivity index (χ1n) is 8.32. The van der Waals surface area contributed by atoms with Gasteiger partial charge in [0.1, 0.15) is 6.17 Å². The summed E-state index contributed by atoms with van der Waals surface area (Å²) < 4.78 is 2.42. The van der Waals surface area contributed by atoms with E-state index in [0.717, 1.165) is 6.54 Å². The molecule has 2 aromatic carbocycles. The van der Waals surface area contributed by atoms with Crippen LogP contribution in [0.1, 0.15) is 19.4 Å². The van der Waals surface area contributed by atoms with E-state index in [1.165, 1.54) is 33.1 Å². The quantitative estimate of drug-likeness (QED) is 0.680. The van der Waals surface area contributed by atoms with Crippen LogP contribution in [0.4, 0.5) is 5.69 Å². The molecule has 2 heterocycles. The molecular formula is C20H23N3. The molecule has 1 aliphatic heterocycles. The normalized spacial score (nSPS) is 17.8. The highest BCUT2D eigenvalue weighted by Gasteiger charge is 2.22. The predicted octanol–water partition coefficient (Wildman–Crippen LogP) is 4.69. The monoisotopic (exact) mass is 305 g/mol. The maximum absolute atomic E-state index is 2.42. The minimum absolute atomic E-state index is 0.352. The van der Waals surface area contributed by atoms with Gasteiger partial charge in [-0.1, -0.05) is 18.2 Å². The van der Waals surface area contributed by atoms with Gasteiger partial charge in [-0.2, -0.15) is 0 Å². The SMILES string of the molecule is CCn1c2ccccc2c2cc(C)c(N3C=CN(C)[C@@H]3C)cc21. The second-order valence-corrected chi connectivity index (χ2v) is 6.42. The summed E-state index contributed by atoms with van der Waals surface area (Å²) in [5, 5.41) is 2.70. The van der Waals surface area contributed by atoms with Crippen LogP contribution in [-0.4, -0.2) is 22.7 Å². The van der Waals surface area contributed by atoms with Crippen molar-refractivity contribution in [2.24, 2.45) is 0 Å². The molecule has 0 aliphatic carbocycles. The number of benzene rings is 2. The number of para-hydroxylation sites is 1. The number of anilines is 1. The molecule has 0 saturated carbocycles. The van der Waals surface area contributed by atoms with Gasteiger partial charge in [0.15, 0.2) is 0 Å². The molecule has 0 fully saturated rings. The molecule has 23 heavy (non-hydrogen) atoms. The van der Waals surface area contributed by atoms with Crippen molar-refractivity contribution in [3.05, 3.63) is 54.4 Å². The van der Waals surface area contributed by atoms with Crippen LogP contribution < -0.4 is 4.90 Å². The van der Waals surface area contributed by atoms with Crippen LogP contribution in [0.15, 0.2) is 48.8 Å². The molecule has 0 bridgehead atoms. The number of hydrogen-bond acceptors (Lipinski definition) is 2. The Labute approximate surface area is 137 Å². The van der Waals surface area contributed by atoms with E-state index < -0.39 is 0 Å². The summed E-state index contributed by atoms with van der Waals surface area (Å²) in [4.78, 5) is 4.59. The topological polar surface area (TPSA) is 11.4 Å². The van der Waals surface area contributed by atoms with Crippen molar-refractivity contribution >= 4 is 27.5 Å². The summed E-state index contributed by atoms with van der Waals surface area (Å²) in [6, 6.07) is 13.4. The smallest absolute Gasteiger partial charge is 0.102 e. The first-order valence-corrected chi connectivity index (χ1v) is 8.32. The van der Waals surface area contributed by atoms with Crippen LogP contribution in [0.25, 0.3) is 21.8 Å². The van der Waals surface area contributed by atoms with Crippen LogP contribution >= 0.6 is 0 Å². The number of nitrogens with zero attached hydrogens (tertiary/aromatic N) is 3. The van der Waals surface area contributed by atoms with Gasteiger partial charge in [-0.15, -0.1) is 0 Å². The molecule has 3 heteroatoms. The highest BCUT2D eigenvalue weighted by molar-refractivity contribution is 6.09.